The first-order valence-corrected chi connectivity index (χ1v) is 6.54. The molecule has 0 fully saturated rings. The number of fused-ring (bicyclic) bond motifs is 1. The number of carbonyl (C=O) groups is 1. The molecular formula is C16H15NO2. The zero-order chi connectivity index (χ0) is 13.2. The number of aromatic nitrogens is 1. The van der Waals surface area contributed by atoms with Gasteiger partial charge in [0.1, 0.15) is 0 Å². The summed E-state index contributed by atoms with van der Waals surface area (Å²) in [6, 6.07) is 7.60. The molecule has 3 rings (SSSR count). The van der Waals surface area contributed by atoms with Gasteiger partial charge in [-0.15, -0.1) is 0 Å². The lowest BCUT2D eigenvalue weighted by Crippen LogP contribution is -2.04. The van der Waals surface area contributed by atoms with E-state index >= 15 is 0 Å². The molecule has 1 N–H and O–H groups in total. The maximum Gasteiger partial charge on any atom is 0.337 e. The van der Waals surface area contributed by atoms with Crippen LogP contribution in [0.25, 0.3) is 10.9 Å². The Labute approximate surface area is 111 Å². The third-order valence-electron chi connectivity index (χ3n) is 3.64. The van der Waals surface area contributed by atoms with Gasteiger partial charge in [0.05, 0.1) is 11.1 Å². The molecule has 1 unspecified atom stereocenters. The zero-order valence-corrected chi connectivity index (χ0v) is 10.5. The Morgan fingerprint density at radius 1 is 1.37 bits per heavy atom. The highest BCUT2D eigenvalue weighted by atomic mass is 16.4. The van der Waals surface area contributed by atoms with E-state index < -0.39 is 5.97 Å². The van der Waals surface area contributed by atoms with Crippen molar-refractivity contribution in [1.29, 1.82) is 0 Å². The van der Waals surface area contributed by atoms with Crippen LogP contribution in [-0.4, -0.2) is 16.1 Å². The van der Waals surface area contributed by atoms with E-state index in [0.717, 1.165) is 30.2 Å². The van der Waals surface area contributed by atoms with E-state index in [1.54, 1.807) is 12.3 Å². The summed E-state index contributed by atoms with van der Waals surface area (Å²) in [6.45, 7) is 0. The van der Waals surface area contributed by atoms with Gasteiger partial charge in [-0.3, -0.25) is 4.98 Å². The minimum absolute atomic E-state index is 0.298. The number of pyridine rings is 1. The van der Waals surface area contributed by atoms with E-state index in [-0.39, 0.29) is 0 Å². The topological polar surface area (TPSA) is 50.2 Å². The molecule has 3 nitrogen and oxygen atoms in total. The van der Waals surface area contributed by atoms with Crippen LogP contribution in [0.5, 0.6) is 0 Å². The summed E-state index contributed by atoms with van der Waals surface area (Å²) in [4.78, 5) is 15.6. The molecular weight excluding hydrogens is 238 g/mol. The van der Waals surface area contributed by atoms with Gasteiger partial charge in [-0.1, -0.05) is 18.2 Å². The molecule has 19 heavy (non-hydrogen) atoms. The normalized spacial score (nSPS) is 18.6. The molecule has 0 radical (unpaired) electrons. The highest BCUT2D eigenvalue weighted by Gasteiger charge is 2.16. The molecule has 1 aliphatic rings. The Hall–Kier alpha value is -2.16. The second kappa shape index (κ2) is 4.84. The van der Waals surface area contributed by atoms with E-state index in [4.69, 9.17) is 0 Å². The standard InChI is InChI=1S/C16H15NO2/c18-16(19)14-10-13(11-5-2-1-3-6-11)9-12-7-4-8-17-15(12)14/h2,4-5,7-11H,1,3,6H2,(H,18,19). The Balaban J connectivity index is 2.18. The van der Waals surface area contributed by atoms with Crippen molar-refractivity contribution >= 4 is 16.9 Å². The summed E-state index contributed by atoms with van der Waals surface area (Å²) < 4.78 is 0. The van der Waals surface area contributed by atoms with Crippen molar-refractivity contribution in [3.8, 4) is 0 Å². The van der Waals surface area contributed by atoms with Gasteiger partial charge in [-0.05, 0) is 43.0 Å². The monoisotopic (exact) mass is 253 g/mol. The number of allylic oxidation sites excluding steroid dienone is 2. The lowest BCUT2D eigenvalue weighted by Gasteiger charge is -2.18. The first-order valence-electron chi connectivity index (χ1n) is 6.54. The van der Waals surface area contributed by atoms with Crippen LogP contribution in [0.4, 0.5) is 0 Å². The van der Waals surface area contributed by atoms with Crippen molar-refractivity contribution in [3.05, 3.63) is 53.7 Å². The molecule has 1 aromatic heterocycles. The molecule has 2 aromatic rings. The highest BCUT2D eigenvalue weighted by Crippen LogP contribution is 2.31. The fraction of sp³-hybridized carbons (Fsp3) is 0.250. The van der Waals surface area contributed by atoms with Crippen LogP contribution in [0.15, 0.2) is 42.6 Å². The first kappa shape index (κ1) is 11.9. The molecule has 1 aliphatic carbocycles. The minimum atomic E-state index is -0.912. The fourth-order valence-electron chi connectivity index (χ4n) is 2.68. The smallest absolute Gasteiger partial charge is 0.337 e. The van der Waals surface area contributed by atoms with Gasteiger partial charge in [-0.2, -0.15) is 0 Å². The van der Waals surface area contributed by atoms with Gasteiger partial charge < -0.3 is 5.11 Å². The maximum atomic E-state index is 11.4. The highest BCUT2D eigenvalue weighted by molar-refractivity contribution is 6.02. The Morgan fingerprint density at radius 2 is 2.26 bits per heavy atom. The summed E-state index contributed by atoms with van der Waals surface area (Å²) >= 11 is 0. The minimum Gasteiger partial charge on any atom is -0.478 e. The molecule has 0 saturated heterocycles. The number of carboxylic acids is 1. The van der Waals surface area contributed by atoms with Crippen molar-refractivity contribution in [3.63, 3.8) is 0 Å². The van der Waals surface area contributed by atoms with Gasteiger partial charge in [0.15, 0.2) is 0 Å². The van der Waals surface area contributed by atoms with Crippen LogP contribution in [-0.2, 0) is 0 Å². The molecule has 1 heterocycles. The predicted octanol–water partition coefficient (Wildman–Crippen LogP) is 3.76. The van der Waals surface area contributed by atoms with E-state index in [2.05, 4.69) is 23.2 Å². The van der Waals surface area contributed by atoms with Crippen LogP contribution in [0.1, 0.15) is 41.1 Å². The van der Waals surface area contributed by atoms with Gasteiger partial charge in [-0.25, -0.2) is 4.79 Å². The average molecular weight is 253 g/mol. The summed E-state index contributed by atoms with van der Waals surface area (Å²) in [6.07, 6.45) is 9.37. The van der Waals surface area contributed by atoms with E-state index in [1.165, 1.54) is 0 Å². The van der Waals surface area contributed by atoms with Crippen molar-refractivity contribution < 1.29 is 9.90 Å². The molecule has 0 saturated carbocycles. The largest absolute Gasteiger partial charge is 0.478 e. The first-order chi connectivity index (χ1) is 9.25. The van der Waals surface area contributed by atoms with Gasteiger partial charge >= 0.3 is 5.97 Å². The number of aromatic carboxylic acids is 1. The van der Waals surface area contributed by atoms with Crippen molar-refractivity contribution in [2.24, 2.45) is 0 Å². The molecule has 0 aliphatic heterocycles. The number of hydrogen-bond acceptors (Lipinski definition) is 2. The Bertz CT molecular complexity index is 661. The van der Waals surface area contributed by atoms with E-state index in [1.807, 2.05) is 12.1 Å². The second-order valence-electron chi connectivity index (χ2n) is 4.91. The lowest BCUT2D eigenvalue weighted by atomic mass is 9.87. The number of hydrogen-bond donors (Lipinski definition) is 1. The van der Waals surface area contributed by atoms with E-state index in [9.17, 15) is 9.90 Å². The molecule has 3 heteroatoms. The predicted molar refractivity (Wildman–Crippen MR) is 74.4 cm³/mol. The second-order valence-corrected chi connectivity index (χ2v) is 4.91. The quantitative estimate of drug-likeness (QED) is 0.829. The van der Waals surface area contributed by atoms with E-state index in [0.29, 0.717) is 17.0 Å². The molecule has 0 bridgehead atoms. The average Bonchev–Trinajstić information content (AvgIpc) is 2.47. The summed E-state index contributed by atoms with van der Waals surface area (Å²) in [5.74, 6) is -0.582. The van der Waals surface area contributed by atoms with Crippen LogP contribution in [0.3, 0.4) is 0 Å². The number of nitrogens with zero attached hydrogens (tertiary/aromatic N) is 1. The number of benzene rings is 1. The molecule has 1 aromatic carbocycles. The number of rotatable bonds is 2. The fourth-order valence-corrected chi connectivity index (χ4v) is 2.68. The Morgan fingerprint density at radius 3 is 3.00 bits per heavy atom. The van der Waals surface area contributed by atoms with Gasteiger partial charge in [0, 0.05) is 17.5 Å². The maximum absolute atomic E-state index is 11.4. The Kier molecular flexibility index (Phi) is 3.03. The summed E-state index contributed by atoms with van der Waals surface area (Å²) in [7, 11) is 0. The van der Waals surface area contributed by atoms with Crippen LogP contribution in [0, 0.1) is 0 Å². The van der Waals surface area contributed by atoms with Gasteiger partial charge in [0.25, 0.3) is 0 Å². The van der Waals surface area contributed by atoms with Crippen molar-refractivity contribution in [2.45, 2.75) is 25.2 Å². The third kappa shape index (κ3) is 2.24. The van der Waals surface area contributed by atoms with Crippen molar-refractivity contribution in [1.82, 2.24) is 4.98 Å². The third-order valence-corrected chi connectivity index (χ3v) is 3.64. The summed E-state index contributed by atoms with van der Waals surface area (Å²) in [5, 5.41) is 10.2. The van der Waals surface area contributed by atoms with Crippen LogP contribution < -0.4 is 0 Å². The SMILES string of the molecule is O=C(O)c1cc(C2C=CCCC2)cc2cccnc12. The number of carboxylic acid groups (broad SMARTS) is 1. The zero-order valence-electron chi connectivity index (χ0n) is 10.5. The molecule has 0 amide bonds. The molecule has 96 valence electrons. The van der Waals surface area contributed by atoms with Crippen molar-refractivity contribution in [2.75, 3.05) is 0 Å². The molecule has 1 atom stereocenters. The van der Waals surface area contributed by atoms with Crippen LogP contribution in [0.2, 0.25) is 0 Å². The van der Waals surface area contributed by atoms with Gasteiger partial charge in [0.2, 0.25) is 0 Å². The summed E-state index contributed by atoms with van der Waals surface area (Å²) in [5.41, 5.74) is 1.94. The van der Waals surface area contributed by atoms with Crippen LogP contribution >= 0.6 is 0 Å². The molecule has 0 spiro atoms. The lowest BCUT2D eigenvalue weighted by molar-refractivity contribution is 0.0698.